The molecule has 0 spiro atoms. The fourth-order valence-electron chi connectivity index (χ4n) is 4.87. The maximum Gasteiger partial charge on any atom is 0.345 e. The van der Waals surface area contributed by atoms with Crippen LogP contribution in [0.15, 0.2) is 52.2 Å². The van der Waals surface area contributed by atoms with E-state index in [4.69, 9.17) is 11.5 Å². The first-order valence-electron chi connectivity index (χ1n) is 9.89. The summed E-state index contributed by atoms with van der Waals surface area (Å²) in [6, 6.07) is -0.431. The van der Waals surface area contributed by atoms with Crippen LogP contribution in [0.5, 0.6) is 0 Å². The van der Waals surface area contributed by atoms with Gasteiger partial charge in [-0.05, 0) is 38.0 Å². The number of hydrogen-bond acceptors (Lipinski definition) is 3. The molecule has 28 heavy (non-hydrogen) atoms. The average Bonchev–Trinajstić information content (AvgIpc) is 2.68. The molecule has 2 heterocycles. The Bertz CT molecular complexity index is 851. The number of carbonyl (C=O) groups excluding carboxylic acids is 2. The predicted octanol–water partition coefficient (Wildman–Crippen LogP) is 1.60. The highest BCUT2D eigenvalue weighted by Gasteiger charge is 2.46. The summed E-state index contributed by atoms with van der Waals surface area (Å²) in [5.74, 6) is 0.637. The van der Waals surface area contributed by atoms with Crippen molar-refractivity contribution < 1.29 is 9.59 Å². The van der Waals surface area contributed by atoms with Crippen LogP contribution in [0.4, 0.5) is 4.79 Å². The van der Waals surface area contributed by atoms with Gasteiger partial charge in [-0.1, -0.05) is 36.0 Å². The number of rotatable bonds is 1. The van der Waals surface area contributed by atoms with Crippen LogP contribution < -0.4 is 16.8 Å². The highest BCUT2D eigenvalue weighted by atomic mass is 16.2. The van der Waals surface area contributed by atoms with Gasteiger partial charge in [-0.2, -0.15) is 4.99 Å². The number of piperidine rings is 2. The second-order valence-corrected chi connectivity index (χ2v) is 8.02. The lowest BCUT2D eigenvalue weighted by Crippen LogP contribution is -2.62. The van der Waals surface area contributed by atoms with Crippen molar-refractivity contribution in [1.29, 1.82) is 0 Å². The van der Waals surface area contributed by atoms with Gasteiger partial charge in [-0.15, -0.1) is 0 Å². The largest absolute Gasteiger partial charge is 0.401 e. The van der Waals surface area contributed by atoms with Crippen molar-refractivity contribution in [3.05, 3.63) is 47.2 Å². The number of amidine groups is 1. The van der Waals surface area contributed by atoms with E-state index in [1.54, 1.807) is 4.90 Å². The van der Waals surface area contributed by atoms with E-state index in [1.807, 2.05) is 24.3 Å². The van der Waals surface area contributed by atoms with E-state index in [2.05, 4.69) is 23.3 Å². The number of carbonyl (C=O) groups is 2. The Kier molecular flexibility index (Phi) is 4.83. The molecule has 4 unspecified atom stereocenters. The first-order chi connectivity index (χ1) is 13.5. The minimum Gasteiger partial charge on any atom is -0.401 e. The van der Waals surface area contributed by atoms with Gasteiger partial charge in [0.1, 0.15) is 5.84 Å². The van der Waals surface area contributed by atoms with Crippen LogP contribution in [-0.2, 0) is 4.79 Å². The summed E-state index contributed by atoms with van der Waals surface area (Å²) in [5.41, 5.74) is 14.6. The molecule has 4 atom stereocenters. The maximum absolute atomic E-state index is 12.7. The van der Waals surface area contributed by atoms with Gasteiger partial charge >= 0.3 is 6.03 Å². The van der Waals surface area contributed by atoms with Crippen molar-refractivity contribution in [3.63, 3.8) is 0 Å². The van der Waals surface area contributed by atoms with E-state index in [-0.39, 0.29) is 35.7 Å². The Morgan fingerprint density at radius 3 is 3.00 bits per heavy atom. The monoisotopic (exact) mass is 381 g/mol. The van der Waals surface area contributed by atoms with Crippen LogP contribution in [-0.4, -0.2) is 41.8 Å². The van der Waals surface area contributed by atoms with Crippen molar-refractivity contribution in [2.75, 3.05) is 13.1 Å². The SMILES string of the molecule is CC1=CC=CC2C(=O)NC3CN(C(=O)N=C(N)C4=C(N)CCC=C4)CCC3C12. The van der Waals surface area contributed by atoms with Crippen LogP contribution in [0.3, 0.4) is 0 Å². The summed E-state index contributed by atoms with van der Waals surface area (Å²) in [4.78, 5) is 31.0. The van der Waals surface area contributed by atoms with Gasteiger partial charge in [0.05, 0.1) is 5.92 Å². The zero-order valence-electron chi connectivity index (χ0n) is 16.1. The Labute approximate surface area is 164 Å². The van der Waals surface area contributed by atoms with Gasteiger partial charge in [0.2, 0.25) is 5.91 Å². The van der Waals surface area contributed by atoms with E-state index in [1.165, 1.54) is 5.57 Å². The molecular weight excluding hydrogens is 354 g/mol. The van der Waals surface area contributed by atoms with Gasteiger partial charge < -0.3 is 21.7 Å². The number of nitrogens with zero attached hydrogens (tertiary/aromatic N) is 2. The Morgan fingerprint density at radius 2 is 2.21 bits per heavy atom. The lowest BCUT2D eigenvalue weighted by Gasteiger charge is -2.48. The van der Waals surface area contributed by atoms with E-state index in [9.17, 15) is 9.59 Å². The zero-order chi connectivity index (χ0) is 19.8. The highest BCUT2D eigenvalue weighted by Crippen LogP contribution is 2.41. The van der Waals surface area contributed by atoms with Crippen LogP contribution in [0.25, 0.3) is 0 Å². The van der Waals surface area contributed by atoms with Gasteiger partial charge in [-0.3, -0.25) is 4.79 Å². The summed E-state index contributed by atoms with van der Waals surface area (Å²) in [6.07, 6.45) is 12.3. The number of nitrogens with two attached hydrogens (primary N) is 2. The van der Waals surface area contributed by atoms with Gasteiger partial charge in [0.25, 0.3) is 0 Å². The molecule has 4 aliphatic rings. The third-order valence-corrected chi connectivity index (χ3v) is 6.32. The molecule has 2 fully saturated rings. The van der Waals surface area contributed by atoms with Crippen molar-refractivity contribution in [1.82, 2.24) is 10.2 Å². The summed E-state index contributed by atoms with van der Waals surface area (Å²) < 4.78 is 0. The predicted molar refractivity (Wildman–Crippen MR) is 108 cm³/mol. The molecule has 0 radical (unpaired) electrons. The second-order valence-electron chi connectivity index (χ2n) is 8.02. The molecule has 2 aliphatic carbocycles. The minimum absolute atomic E-state index is 0.0394. The number of aliphatic imine (C=N–C) groups is 1. The molecule has 2 aliphatic heterocycles. The number of allylic oxidation sites excluding steroid dienone is 5. The van der Waals surface area contributed by atoms with E-state index in [0.29, 0.717) is 30.3 Å². The van der Waals surface area contributed by atoms with Crippen molar-refractivity contribution in [2.24, 2.45) is 34.2 Å². The molecule has 2 saturated heterocycles. The Morgan fingerprint density at radius 1 is 1.39 bits per heavy atom. The molecule has 7 nitrogen and oxygen atoms in total. The van der Waals surface area contributed by atoms with E-state index in [0.717, 1.165) is 19.3 Å². The maximum atomic E-state index is 12.7. The van der Waals surface area contributed by atoms with Crippen molar-refractivity contribution >= 4 is 17.8 Å². The van der Waals surface area contributed by atoms with Gasteiger partial charge in [-0.25, -0.2) is 4.79 Å². The lowest BCUT2D eigenvalue weighted by atomic mass is 9.66. The quantitative estimate of drug-likeness (QED) is 0.473. The zero-order valence-corrected chi connectivity index (χ0v) is 16.1. The van der Waals surface area contributed by atoms with Gasteiger partial charge in [0, 0.05) is 30.4 Å². The number of hydrogen-bond donors (Lipinski definition) is 3. The summed E-state index contributed by atoms with van der Waals surface area (Å²) in [5, 5.41) is 3.12. The highest BCUT2D eigenvalue weighted by molar-refractivity contribution is 6.05. The second kappa shape index (κ2) is 7.30. The molecule has 0 aromatic carbocycles. The molecule has 3 amide bonds. The van der Waals surface area contributed by atoms with Crippen LogP contribution in [0.1, 0.15) is 26.2 Å². The normalized spacial score (nSPS) is 32.5. The lowest BCUT2D eigenvalue weighted by molar-refractivity contribution is -0.130. The molecule has 148 valence electrons. The third kappa shape index (κ3) is 3.25. The van der Waals surface area contributed by atoms with Crippen LogP contribution in [0.2, 0.25) is 0 Å². The Balaban J connectivity index is 1.48. The molecule has 0 bridgehead atoms. The van der Waals surface area contributed by atoms with Crippen LogP contribution >= 0.6 is 0 Å². The standard InChI is InChI=1S/C21H27N5O2/c1-12-5-4-7-15-18(12)14-9-10-26(11-17(14)24-20(15)27)21(28)25-19(23)13-6-2-3-8-16(13)22/h2,4-7,14-15,17-18H,3,8-11,22H2,1H3,(H,24,27)(H2,23,25,28). The first-order valence-corrected chi connectivity index (χ1v) is 9.89. The molecule has 7 heteroatoms. The number of fused-ring (bicyclic) bond motifs is 3. The number of likely N-dealkylation sites (tertiary alicyclic amines) is 1. The summed E-state index contributed by atoms with van der Waals surface area (Å²) in [7, 11) is 0. The summed E-state index contributed by atoms with van der Waals surface area (Å²) in [6.45, 7) is 3.16. The fourth-order valence-corrected chi connectivity index (χ4v) is 4.87. The molecule has 0 aromatic rings. The average molecular weight is 381 g/mol. The molecule has 0 aromatic heterocycles. The third-order valence-electron chi connectivity index (χ3n) is 6.32. The topological polar surface area (TPSA) is 114 Å². The van der Waals surface area contributed by atoms with Gasteiger partial charge in [0.15, 0.2) is 0 Å². The molecular formula is C21H27N5O2. The van der Waals surface area contributed by atoms with E-state index < -0.39 is 0 Å². The molecule has 0 saturated carbocycles. The Hall–Kier alpha value is -2.83. The first kappa shape index (κ1) is 18.5. The summed E-state index contributed by atoms with van der Waals surface area (Å²) >= 11 is 0. The number of urea groups is 1. The van der Waals surface area contributed by atoms with Crippen molar-refractivity contribution in [3.8, 4) is 0 Å². The molecule has 5 N–H and O–H groups in total. The smallest absolute Gasteiger partial charge is 0.345 e. The number of nitrogens with one attached hydrogen (secondary N) is 1. The van der Waals surface area contributed by atoms with Crippen molar-refractivity contribution in [2.45, 2.75) is 32.2 Å². The van der Waals surface area contributed by atoms with Crippen LogP contribution in [0, 0.1) is 17.8 Å². The fraction of sp³-hybridized carbons (Fsp3) is 0.476. The molecule has 4 rings (SSSR count). The van der Waals surface area contributed by atoms with E-state index >= 15 is 0 Å². The minimum atomic E-state index is -0.373. The number of amides is 3.